The molecule has 0 unspecified atom stereocenters. The van der Waals surface area contributed by atoms with Crippen molar-refractivity contribution in [1.82, 2.24) is 19.3 Å². The van der Waals surface area contributed by atoms with Gasteiger partial charge in [0.15, 0.2) is 5.65 Å². The number of alkyl halides is 2. The molecule has 0 fully saturated rings. The molecule has 0 bridgehead atoms. The van der Waals surface area contributed by atoms with Crippen LogP contribution >= 0.6 is 27.7 Å². The molecule has 0 radical (unpaired) electrons. The highest BCUT2D eigenvalue weighted by Gasteiger charge is 2.16. The smallest absolute Gasteiger partial charge is 0.288 e. The lowest BCUT2D eigenvalue weighted by Gasteiger charge is -2.11. The SMILES string of the molecule is Cn1nc(Br)c2c(=O)n(CC(=O)Nc3ccccc3SC(F)F)cnc21. The Hall–Kier alpha value is -2.27. The molecule has 11 heteroatoms. The number of para-hydroxylation sites is 1. The minimum atomic E-state index is -2.61. The summed E-state index contributed by atoms with van der Waals surface area (Å²) in [7, 11) is 1.65. The summed E-state index contributed by atoms with van der Waals surface area (Å²) in [5.74, 6) is -3.14. The highest BCUT2D eigenvalue weighted by Crippen LogP contribution is 2.31. The largest absolute Gasteiger partial charge is 0.324 e. The summed E-state index contributed by atoms with van der Waals surface area (Å²) in [6.07, 6.45) is 1.25. The summed E-state index contributed by atoms with van der Waals surface area (Å²) in [6.45, 7) is -0.309. The molecule has 3 rings (SSSR count). The molecule has 0 saturated carbocycles. The number of fused-ring (bicyclic) bond motifs is 1. The number of halogens is 3. The highest BCUT2D eigenvalue weighted by atomic mass is 79.9. The zero-order valence-corrected chi connectivity index (χ0v) is 15.7. The molecule has 2 heterocycles. The van der Waals surface area contributed by atoms with E-state index >= 15 is 0 Å². The van der Waals surface area contributed by atoms with Gasteiger partial charge in [0.2, 0.25) is 5.91 Å². The minimum absolute atomic E-state index is 0.242. The minimum Gasteiger partial charge on any atom is -0.324 e. The maximum absolute atomic E-state index is 12.6. The van der Waals surface area contributed by atoms with Crippen LogP contribution in [0.3, 0.4) is 0 Å². The number of hydrogen-bond donors (Lipinski definition) is 1. The van der Waals surface area contributed by atoms with Crippen molar-refractivity contribution in [1.29, 1.82) is 0 Å². The topological polar surface area (TPSA) is 81.8 Å². The summed E-state index contributed by atoms with van der Waals surface area (Å²) in [4.78, 5) is 29.2. The fourth-order valence-corrected chi connectivity index (χ4v) is 3.54. The van der Waals surface area contributed by atoms with E-state index in [0.717, 1.165) is 4.57 Å². The molecular weight excluding hydrogens is 432 g/mol. The first kappa shape index (κ1) is 18.5. The van der Waals surface area contributed by atoms with Crippen molar-refractivity contribution in [3.05, 3.63) is 45.5 Å². The van der Waals surface area contributed by atoms with Gasteiger partial charge in [0.25, 0.3) is 11.3 Å². The summed E-state index contributed by atoms with van der Waals surface area (Å²) in [5.41, 5.74) is 0.213. The quantitative estimate of drug-likeness (QED) is 0.613. The van der Waals surface area contributed by atoms with E-state index in [4.69, 9.17) is 0 Å². The van der Waals surface area contributed by atoms with E-state index in [1.54, 1.807) is 19.2 Å². The normalized spacial score (nSPS) is 11.3. The molecule has 0 aliphatic rings. The van der Waals surface area contributed by atoms with Gasteiger partial charge in [-0.25, -0.2) is 9.67 Å². The van der Waals surface area contributed by atoms with Crippen LogP contribution in [0.25, 0.3) is 11.0 Å². The van der Waals surface area contributed by atoms with E-state index in [1.807, 2.05) is 0 Å². The second-order valence-corrected chi connectivity index (χ2v) is 7.00. The molecule has 1 amide bonds. The molecule has 2 aromatic heterocycles. The van der Waals surface area contributed by atoms with Gasteiger partial charge in [0, 0.05) is 11.9 Å². The number of benzene rings is 1. The second-order valence-electron chi connectivity index (χ2n) is 5.21. The number of nitrogens with one attached hydrogen (secondary N) is 1. The number of rotatable bonds is 5. The van der Waals surface area contributed by atoms with Crippen LogP contribution in [0.1, 0.15) is 0 Å². The molecule has 0 spiro atoms. The molecule has 0 atom stereocenters. The van der Waals surface area contributed by atoms with E-state index in [9.17, 15) is 18.4 Å². The molecule has 0 aliphatic carbocycles. The van der Waals surface area contributed by atoms with Crippen LogP contribution < -0.4 is 10.9 Å². The summed E-state index contributed by atoms with van der Waals surface area (Å²) in [6, 6.07) is 6.23. The summed E-state index contributed by atoms with van der Waals surface area (Å²) < 4.78 is 28.1. The Labute approximate surface area is 158 Å². The maximum atomic E-state index is 12.6. The number of anilines is 1. The van der Waals surface area contributed by atoms with E-state index in [0.29, 0.717) is 22.0 Å². The molecule has 0 saturated heterocycles. The summed E-state index contributed by atoms with van der Waals surface area (Å²) in [5, 5.41) is 6.87. The van der Waals surface area contributed by atoms with Crippen molar-refractivity contribution < 1.29 is 13.6 Å². The maximum Gasteiger partial charge on any atom is 0.288 e. The highest BCUT2D eigenvalue weighted by molar-refractivity contribution is 9.10. The lowest BCUT2D eigenvalue weighted by molar-refractivity contribution is -0.116. The molecule has 26 heavy (non-hydrogen) atoms. The van der Waals surface area contributed by atoms with Gasteiger partial charge in [-0.1, -0.05) is 23.9 Å². The van der Waals surface area contributed by atoms with Gasteiger partial charge >= 0.3 is 0 Å². The van der Waals surface area contributed by atoms with Crippen LogP contribution in [0.15, 0.2) is 44.9 Å². The number of carbonyl (C=O) groups excluding carboxylic acids is 1. The number of nitrogens with zero attached hydrogens (tertiary/aromatic N) is 4. The van der Waals surface area contributed by atoms with Gasteiger partial charge in [-0.15, -0.1) is 0 Å². The lowest BCUT2D eigenvalue weighted by atomic mass is 10.3. The van der Waals surface area contributed by atoms with Crippen molar-refractivity contribution in [3.8, 4) is 0 Å². The average molecular weight is 444 g/mol. The zero-order valence-electron chi connectivity index (χ0n) is 13.3. The van der Waals surface area contributed by atoms with E-state index in [-0.39, 0.29) is 22.5 Å². The van der Waals surface area contributed by atoms with Crippen molar-refractivity contribution in [3.63, 3.8) is 0 Å². The second kappa shape index (κ2) is 7.54. The first-order chi connectivity index (χ1) is 12.4. The zero-order chi connectivity index (χ0) is 18.8. The Morgan fingerprint density at radius 3 is 2.85 bits per heavy atom. The van der Waals surface area contributed by atoms with Crippen LogP contribution in [-0.2, 0) is 18.4 Å². The Bertz CT molecular complexity index is 1040. The van der Waals surface area contributed by atoms with Gasteiger partial charge in [0.1, 0.15) is 22.9 Å². The fourth-order valence-electron chi connectivity index (χ4n) is 2.36. The van der Waals surface area contributed by atoms with Crippen molar-refractivity contribution in [2.24, 2.45) is 7.05 Å². The van der Waals surface area contributed by atoms with Crippen LogP contribution in [0.5, 0.6) is 0 Å². The van der Waals surface area contributed by atoms with Gasteiger partial charge in [0.05, 0.1) is 5.69 Å². The number of carbonyl (C=O) groups is 1. The molecule has 3 aromatic rings. The molecule has 136 valence electrons. The third kappa shape index (κ3) is 3.78. The van der Waals surface area contributed by atoms with Crippen molar-refractivity contribution in [2.45, 2.75) is 17.2 Å². The third-order valence-corrected chi connectivity index (χ3v) is 4.80. The number of thioether (sulfide) groups is 1. The molecule has 7 nitrogen and oxygen atoms in total. The van der Waals surface area contributed by atoms with Crippen LogP contribution in [0.4, 0.5) is 14.5 Å². The average Bonchev–Trinajstić information content (AvgIpc) is 2.86. The monoisotopic (exact) mass is 443 g/mol. The van der Waals surface area contributed by atoms with Crippen LogP contribution in [0, 0.1) is 0 Å². The van der Waals surface area contributed by atoms with E-state index < -0.39 is 17.2 Å². The number of aromatic nitrogens is 4. The Morgan fingerprint density at radius 2 is 2.12 bits per heavy atom. The Morgan fingerprint density at radius 1 is 1.38 bits per heavy atom. The molecule has 1 aromatic carbocycles. The predicted octanol–water partition coefficient (Wildman–Crippen LogP) is 2.85. The van der Waals surface area contributed by atoms with Gasteiger partial charge in [-0.2, -0.15) is 13.9 Å². The summed E-state index contributed by atoms with van der Waals surface area (Å²) >= 11 is 3.53. The lowest BCUT2D eigenvalue weighted by Crippen LogP contribution is -2.28. The van der Waals surface area contributed by atoms with Crippen molar-refractivity contribution in [2.75, 3.05) is 5.32 Å². The fraction of sp³-hybridized carbons (Fsp3) is 0.200. The first-order valence-electron chi connectivity index (χ1n) is 7.28. The first-order valence-corrected chi connectivity index (χ1v) is 8.95. The predicted molar refractivity (Wildman–Crippen MR) is 97.4 cm³/mol. The van der Waals surface area contributed by atoms with E-state index in [2.05, 4.69) is 31.3 Å². The number of aryl methyl sites for hydroxylation is 1. The standard InChI is InChI=1S/C15H12BrF2N5O2S/c1-22-13-11(12(16)21-22)14(25)23(7-19-13)6-10(24)20-8-4-2-3-5-9(8)26-15(17)18/h2-5,7,15H,6H2,1H3,(H,20,24). The molecular formula is C15H12BrF2N5O2S. The molecule has 1 N–H and O–H groups in total. The third-order valence-electron chi connectivity index (χ3n) is 3.46. The Balaban J connectivity index is 1.83. The molecule has 0 aliphatic heterocycles. The van der Waals surface area contributed by atoms with E-state index in [1.165, 1.54) is 23.1 Å². The van der Waals surface area contributed by atoms with Gasteiger partial charge in [-0.3, -0.25) is 14.2 Å². The number of amides is 1. The van der Waals surface area contributed by atoms with Crippen LogP contribution in [-0.4, -0.2) is 31.0 Å². The van der Waals surface area contributed by atoms with Crippen molar-refractivity contribution >= 4 is 50.3 Å². The van der Waals surface area contributed by atoms with Gasteiger partial charge < -0.3 is 5.32 Å². The van der Waals surface area contributed by atoms with Crippen LogP contribution in [0.2, 0.25) is 0 Å². The Kier molecular flexibility index (Phi) is 5.37. The van der Waals surface area contributed by atoms with Gasteiger partial charge in [-0.05, 0) is 28.1 Å². The number of hydrogen-bond acceptors (Lipinski definition) is 5.